The van der Waals surface area contributed by atoms with E-state index in [2.05, 4.69) is 0 Å². The smallest absolute Gasteiger partial charge is 0.310 e. The Labute approximate surface area is 191 Å². The Morgan fingerprint density at radius 2 is 0.871 bits per heavy atom. The number of rotatable bonds is 8. The van der Waals surface area contributed by atoms with E-state index in [9.17, 15) is 9.90 Å². The number of carboxylic acids is 1. The second-order valence-corrected chi connectivity index (χ2v) is 12.5. The molecule has 0 unspecified atom stereocenters. The third kappa shape index (κ3) is 3.61. The lowest BCUT2D eigenvalue weighted by molar-refractivity contribution is -0.198. The number of carbonyl (C=O) groups is 1. The molecule has 0 saturated heterocycles. The van der Waals surface area contributed by atoms with Crippen LogP contribution in [-0.4, -0.2) is 11.1 Å². The fourth-order valence-corrected chi connectivity index (χ4v) is 10.5. The minimum absolute atomic E-state index is 0.0881. The van der Waals surface area contributed by atoms with Crippen LogP contribution in [0, 0.1) is 40.4 Å². The van der Waals surface area contributed by atoms with Gasteiger partial charge >= 0.3 is 5.97 Å². The van der Waals surface area contributed by atoms with E-state index < -0.39 is 5.41 Å². The zero-order valence-electron chi connectivity index (χ0n) is 20.1. The quantitative estimate of drug-likeness (QED) is 0.421. The second-order valence-electron chi connectivity index (χ2n) is 12.5. The lowest BCUT2D eigenvalue weighted by Crippen LogP contribution is -2.62. The fraction of sp³-hybridized carbons (Fsp3) is 0.966. The molecule has 0 aliphatic heterocycles. The summed E-state index contributed by atoms with van der Waals surface area (Å²) in [6, 6.07) is 0. The lowest BCUT2D eigenvalue weighted by Gasteiger charge is -2.61. The van der Waals surface area contributed by atoms with Crippen LogP contribution in [-0.2, 0) is 4.79 Å². The zero-order chi connectivity index (χ0) is 21.3. The maximum Gasteiger partial charge on any atom is 0.310 e. The van der Waals surface area contributed by atoms with Gasteiger partial charge in [0.15, 0.2) is 0 Å². The molecule has 0 atom stereocenters. The highest BCUT2D eigenvalue weighted by Crippen LogP contribution is 2.71. The van der Waals surface area contributed by atoms with Crippen LogP contribution in [0.2, 0.25) is 0 Å². The van der Waals surface area contributed by atoms with Gasteiger partial charge in [-0.05, 0) is 92.8 Å². The summed E-state index contributed by atoms with van der Waals surface area (Å²) < 4.78 is 0. The highest BCUT2D eigenvalue weighted by atomic mass is 16.4. The Hall–Kier alpha value is -0.530. The maximum atomic E-state index is 13.9. The SMILES string of the molecule is O=C(O)C(C1CCCC1)(C1CCCC1)C(CC1CCCC1)(C1CCCC1)C1CCCC1. The number of aliphatic carboxylic acids is 1. The third-order valence-electron chi connectivity index (χ3n) is 11.4. The Balaban J connectivity index is 1.70. The van der Waals surface area contributed by atoms with Crippen LogP contribution in [0.1, 0.15) is 135 Å². The van der Waals surface area contributed by atoms with E-state index in [0.717, 1.165) is 5.92 Å². The molecule has 0 radical (unpaired) electrons. The predicted octanol–water partition coefficient (Wildman–Crippen LogP) is 8.38. The van der Waals surface area contributed by atoms with Crippen molar-refractivity contribution in [2.45, 2.75) is 135 Å². The van der Waals surface area contributed by atoms with Crippen molar-refractivity contribution in [3.05, 3.63) is 0 Å². The highest BCUT2D eigenvalue weighted by Gasteiger charge is 2.69. The van der Waals surface area contributed by atoms with Gasteiger partial charge in [-0.2, -0.15) is 0 Å². The van der Waals surface area contributed by atoms with Gasteiger partial charge < -0.3 is 5.11 Å². The van der Waals surface area contributed by atoms with E-state index in [1.807, 2.05) is 0 Å². The summed E-state index contributed by atoms with van der Waals surface area (Å²) in [4.78, 5) is 13.9. The number of hydrogen-bond donors (Lipinski definition) is 1. The molecular weight excluding hydrogens is 380 g/mol. The average Bonchev–Trinajstić information content (AvgIpc) is 3.59. The molecule has 0 bridgehead atoms. The number of carboxylic acid groups (broad SMARTS) is 1. The van der Waals surface area contributed by atoms with E-state index in [1.165, 1.54) is 135 Å². The molecule has 0 heterocycles. The highest BCUT2D eigenvalue weighted by molar-refractivity contribution is 5.77. The van der Waals surface area contributed by atoms with Crippen molar-refractivity contribution in [1.29, 1.82) is 0 Å². The normalized spacial score (nSPS) is 28.4. The first kappa shape index (κ1) is 22.3. The van der Waals surface area contributed by atoms with Crippen LogP contribution in [0.4, 0.5) is 0 Å². The molecule has 31 heavy (non-hydrogen) atoms. The Morgan fingerprint density at radius 1 is 0.548 bits per heavy atom. The Morgan fingerprint density at radius 3 is 1.23 bits per heavy atom. The molecule has 5 aliphatic rings. The molecule has 2 heteroatoms. The van der Waals surface area contributed by atoms with Crippen molar-refractivity contribution >= 4 is 5.97 Å². The van der Waals surface area contributed by atoms with Crippen molar-refractivity contribution in [3.8, 4) is 0 Å². The molecule has 2 nitrogen and oxygen atoms in total. The summed E-state index contributed by atoms with van der Waals surface area (Å²) in [6.45, 7) is 0. The van der Waals surface area contributed by atoms with E-state index in [4.69, 9.17) is 0 Å². The molecule has 0 aromatic rings. The molecule has 1 N–H and O–H groups in total. The van der Waals surface area contributed by atoms with E-state index in [-0.39, 0.29) is 11.4 Å². The Bertz CT molecular complexity index is 562. The Kier molecular flexibility index (Phi) is 6.74. The molecule has 5 rings (SSSR count). The monoisotopic (exact) mass is 428 g/mol. The van der Waals surface area contributed by atoms with Crippen LogP contribution >= 0.6 is 0 Å². The average molecular weight is 429 g/mol. The van der Waals surface area contributed by atoms with Gasteiger partial charge in [-0.15, -0.1) is 0 Å². The van der Waals surface area contributed by atoms with Crippen molar-refractivity contribution < 1.29 is 9.90 Å². The summed E-state index contributed by atoms with van der Waals surface area (Å²) >= 11 is 0. The minimum Gasteiger partial charge on any atom is -0.481 e. The molecule has 0 aromatic carbocycles. The summed E-state index contributed by atoms with van der Waals surface area (Å²) in [6.07, 6.45) is 27.5. The molecule has 5 aliphatic carbocycles. The van der Waals surface area contributed by atoms with Crippen LogP contribution in [0.3, 0.4) is 0 Å². The van der Waals surface area contributed by atoms with Gasteiger partial charge in [0.05, 0.1) is 5.41 Å². The predicted molar refractivity (Wildman–Crippen MR) is 127 cm³/mol. The van der Waals surface area contributed by atoms with Gasteiger partial charge in [-0.25, -0.2) is 0 Å². The van der Waals surface area contributed by atoms with Crippen molar-refractivity contribution in [2.75, 3.05) is 0 Å². The summed E-state index contributed by atoms with van der Waals surface area (Å²) in [5, 5.41) is 11.5. The van der Waals surface area contributed by atoms with Gasteiger partial charge in [-0.1, -0.05) is 77.0 Å². The first-order chi connectivity index (χ1) is 15.2. The van der Waals surface area contributed by atoms with E-state index in [0.29, 0.717) is 23.7 Å². The first-order valence-corrected chi connectivity index (χ1v) is 14.4. The van der Waals surface area contributed by atoms with Crippen LogP contribution < -0.4 is 0 Å². The number of hydrogen-bond acceptors (Lipinski definition) is 1. The van der Waals surface area contributed by atoms with Crippen molar-refractivity contribution in [2.24, 2.45) is 40.4 Å². The summed E-state index contributed by atoms with van der Waals surface area (Å²) in [5.41, 5.74) is -0.336. The van der Waals surface area contributed by atoms with Gasteiger partial charge in [0.1, 0.15) is 0 Å². The largest absolute Gasteiger partial charge is 0.481 e. The fourth-order valence-electron chi connectivity index (χ4n) is 10.5. The maximum absolute atomic E-state index is 13.9. The first-order valence-electron chi connectivity index (χ1n) is 14.4. The van der Waals surface area contributed by atoms with Crippen molar-refractivity contribution in [1.82, 2.24) is 0 Å². The zero-order valence-corrected chi connectivity index (χ0v) is 20.1. The van der Waals surface area contributed by atoms with Crippen LogP contribution in [0.5, 0.6) is 0 Å². The topological polar surface area (TPSA) is 37.3 Å². The van der Waals surface area contributed by atoms with Gasteiger partial charge in [0, 0.05) is 0 Å². The third-order valence-corrected chi connectivity index (χ3v) is 11.4. The van der Waals surface area contributed by atoms with E-state index in [1.54, 1.807) is 0 Å². The van der Waals surface area contributed by atoms with Gasteiger partial charge in [0.25, 0.3) is 0 Å². The standard InChI is InChI=1S/C29H48O2/c30-27(31)29(25-17-7-8-18-25,26-19-9-10-20-26)28(23-13-3-4-14-23,24-15-5-6-16-24)21-22-11-1-2-12-22/h22-26H,1-21H2,(H,30,31). The molecule has 0 aromatic heterocycles. The molecule has 0 spiro atoms. The van der Waals surface area contributed by atoms with E-state index >= 15 is 0 Å². The van der Waals surface area contributed by atoms with Crippen LogP contribution in [0.15, 0.2) is 0 Å². The summed E-state index contributed by atoms with van der Waals surface area (Å²) in [7, 11) is 0. The second kappa shape index (κ2) is 9.38. The lowest BCUT2D eigenvalue weighted by atomic mass is 9.41. The molecule has 0 amide bonds. The molecule has 176 valence electrons. The van der Waals surface area contributed by atoms with Crippen molar-refractivity contribution in [3.63, 3.8) is 0 Å². The molecular formula is C29H48O2. The molecule has 5 saturated carbocycles. The molecule has 5 fully saturated rings. The van der Waals surface area contributed by atoms with Gasteiger partial charge in [0.2, 0.25) is 0 Å². The van der Waals surface area contributed by atoms with Gasteiger partial charge in [-0.3, -0.25) is 4.79 Å². The minimum atomic E-state index is -0.424. The summed E-state index contributed by atoms with van der Waals surface area (Å²) in [5.74, 6) is 2.76. The van der Waals surface area contributed by atoms with Crippen LogP contribution in [0.25, 0.3) is 0 Å².